The fourth-order valence-corrected chi connectivity index (χ4v) is 2.32. The van der Waals surface area contributed by atoms with Crippen LogP contribution in [0.15, 0.2) is 18.3 Å². The molecule has 0 bridgehead atoms. The first-order valence-electron chi connectivity index (χ1n) is 6.02. The van der Waals surface area contributed by atoms with Gasteiger partial charge in [0.2, 0.25) is 5.95 Å². The standard InChI is InChI=1S/C12H14N4O2/c17-11(18)8-3-6-16(7-4-8)12-14-9-2-1-5-13-10(9)15-12/h1-2,5,8H,3-4,6-7H2,(H,17,18)(H,13,14,15). The average molecular weight is 246 g/mol. The molecule has 0 spiro atoms. The minimum absolute atomic E-state index is 0.219. The van der Waals surface area contributed by atoms with Crippen LogP contribution in [0.1, 0.15) is 12.8 Å². The molecule has 6 nitrogen and oxygen atoms in total. The summed E-state index contributed by atoms with van der Waals surface area (Å²) in [6, 6.07) is 3.80. The number of aromatic nitrogens is 3. The molecular weight excluding hydrogens is 232 g/mol. The maximum Gasteiger partial charge on any atom is 0.306 e. The first kappa shape index (κ1) is 11.0. The number of anilines is 1. The zero-order valence-electron chi connectivity index (χ0n) is 9.83. The number of pyridine rings is 1. The van der Waals surface area contributed by atoms with E-state index in [0.29, 0.717) is 18.5 Å². The van der Waals surface area contributed by atoms with Gasteiger partial charge in [0.1, 0.15) is 0 Å². The van der Waals surface area contributed by atoms with Crippen LogP contribution >= 0.6 is 0 Å². The van der Waals surface area contributed by atoms with Crippen LogP contribution in [0.25, 0.3) is 11.2 Å². The highest BCUT2D eigenvalue weighted by Crippen LogP contribution is 2.22. The van der Waals surface area contributed by atoms with E-state index >= 15 is 0 Å². The predicted molar refractivity (Wildman–Crippen MR) is 66.5 cm³/mol. The second-order valence-electron chi connectivity index (χ2n) is 4.53. The van der Waals surface area contributed by atoms with Crippen molar-refractivity contribution in [1.82, 2.24) is 15.0 Å². The Kier molecular flexibility index (Phi) is 2.62. The van der Waals surface area contributed by atoms with E-state index < -0.39 is 5.97 Å². The molecule has 3 rings (SSSR count). The largest absolute Gasteiger partial charge is 0.481 e. The first-order valence-corrected chi connectivity index (χ1v) is 6.02. The molecule has 1 aliphatic heterocycles. The second kappa shape index (κ2) is 4.29. The highest BCUT2D eigenvalue weighted by Gasteiger charge is 2.25. The molecule has 1 fully saturated rings. The summed E-state index contributed by atoms with van der Waals surface area (Å²) in [6.07, 6.45) is 3.04. The molecule has 0 aliphatic carbocycles. The number of carboxylic acid groups (broad SMARTS) is 1. The van der Waals surface area contributed by atoms with E-state index in [9.17, 15) is 4.79 Å². The molecule has 0 amide bonds. The van der Waals surface area contributed by atoms with Crippen molar-refractivity contribution in [3.63, 3.8) is 0 Å². The number of nitrogens with one attached hydrogen (secondary N) is 1. The van der Waals surface area contributed by atoms with E-state index in [1.807, 2.05) is 12.1 Å². The van der Waals surface area contributed by atoms with Crippen LogP contribution in [-0.4, -0.2) is 39.1 Å². The first-order chi connectivity index (χ1) is 8.74. The topological polar surface area (TPSA) is 82.1 Å². The Morgan fingerprint density at radius 1 is 1.44 bits per heavy atom. The van der Waals surface area contributed by atoms with Crippen LogP contribution in [0.5, 0.6) is 0 Å². The fraction of sp³-hybridized carbons (Fsp3) is 0.417. The summed E-state index contributed by atoms with van der Waals surface area (Å²) in [7, 11) is 0. The van der Waals surface area contributed by atoms with Gasteiger partial charge in [-0.25, -0.2) is 4.98 Å². The summed E-state index contributed by atoms with van der Waals surface area (Å²) in [5.74, 6) is -0.128. The highest BCUT2D eigenvalue weighted by molar-refractivity contribution is 5.73. The summed E-state index contributed by atoms with van der Waals surface area (Å²) in [4.78, 5) is 24.8. The number of aliphatic carboxylic acids is 1. The molecule has 6 heteroatoms. The van der Waals surface area contributed by atoms with Gasteiger partial charge in [-0.3, -0.25) is 4.79 Å². The van der Waals surface area contributed by atoms with Crippen LogP contribution in [0, 0.1) is 5.92 Å². The minimum Gasteiger partial charge on any atom is -0.481 e. The number of rotatable bonds is 2. The Morgan fingerprint density at radius 2 is 2.22 bits per heavy atom. The number of piperidine rings is 1. The summed E-state index contributed by atoms with van der Waals surface area (Å²) in [6.45, 7) is 1.44. The van der Waals surface area contributed by atoms with Crippen molar-refractivity contribution >= 4 is 23.1 Å². The van der Waals surface area contributed by atoms with Crippen molar-refractivity contribution < 1.29 is 9.90 Å². The Labute approximate surface area is 104 Å². The van der Waals surface area contributed by atoms with Crippen molar-refractivity contribution in [3.05, 3.63) is 18.3 Å². The molecule has 0 aromatic carbocycles. The van der Waals surface area contributed by atoms with Crippen LogP contribution in [0.2, 0.25) is 0 Å². The molecule has 18 heavy (non-hydrogen) atoms. The Hall–Kier alpha value is -2.11. The van der Waals surface area contributed by atoms with Crippen LogP contribution in [0.4, 0.5) is 5.95 Å². The number of carbonyl (C=O) groups is 1. The molecule has 1 saturated heterocycles. The molecule has 94 valence electrons. The average Bonchev–Trinajstić information content (AvgIpc) is 2.82. The third-order valence-electron chi connectivity index (χ3n) is 3.39. The van der Waals surface area contributed by atoms with Gasteiger partial charge in [0.25, 0.3) is 0 Å². The highest BCUT2D eigenvalue weighted by atomic mass is 16.4. The summed E-state index contributed by atoms with van der Waals surface area (Å²) < 4.78 is 0. The van der Waals surface area contributed by atoms with Gasteiger partial charge in [-0.15, -0.1) is 0 Å². The minimum atomic E-state index is -0.694. The Bertz CT molecular complexity index is 539. The zero-order valence-corrected chi connectivity index (χ0v) is 9.83. The van der Waals surface area contributed by atoms with Gasteiger partial charge in [-0.05, 0) is 25.0 Å². The third-order valence-corrected chi connectivity index (χ3v) is 3.39. The summed E-state index contributed by atoms with van der Waals surface area (Å²) >= 11 is 0. The van der Waals surface area contributed by atoms with Crippen molar-refractivity contribution in [2.45, 2.75) is 12.8 Å². The lowest BCUT2D eigenvalue weighted by molar-refractivity contribution is -0.142. The van der Waals surface area contributed by atoms with E-state index in [4.69, 9.17) is 5.11 Å². The molecule has 0 radical (unpaired) electrons. The van der Waals surface area contributed by atoms with E-state index in [1.165, 1.54) is 0 Å². The molecule has 0 saturated carbocycles. The zero-order chi connectivity index (χ0) is 12.5. The van der Waals surface area contributed by atoms with Crippen molar-refractivity contribution in [1.29, 1.82) is 0 Å². The molecule has 2 aromatic heterocycles. The number of nitrogens with zero attached hydrogens (tertiary/aromatic N) is 3. The summed E-state index contributed by atoms with van der Waals surface area (Å²) in [5, 5.41) is 8.96. The van der Waals surface area contributed by atoms with E-state index in [0.717, 1.165) is 24.6 Å². The molecule has 0 unspecified atom stereocenters. The number of carboxylic acids is 1. The van der Waals surface area contributed by atoms with Crippen molar-refractivity contribution in [3.8, 4) is 0 Å². The molecule has 1 aliphatic rings. The number of fused-ring (bicyclic) bond motifs is 1. The monoisotopic (exact) mass is 246 g/mol. The fourth-order valence-electron chi connectivity index (χ4n) is 2.32. The molecule has 0 atom stereocenters. The van der Waals surface area contributed by atoms with Gasteiger partial charge in [-0.1, -0.05) is 0 Å². The molecule has 2 N–H and O–H groups in total. The van der Waals surface area contributed by atoms with Crippen LogP contribution in [-0.2, 0) is 4.79 Å². The van der Waals surface area contributed by atoms with Gasteiger partial charge in [0.15, 0.2) is 5.65 Å². The van der Waals surface area contributed by atoms with Crippen LogP contribution in [0.3, 0.4) is 0 Å². The number of aromatic amines is 1. The SMILES string of the molecule is O=C(O)C1CCN(c2nc3ncccc3[nH]2)CC1. The molecular formula is C12H14N4O2. The van der Waals surface area contributed by atoms with Crippen molar-refractivity contribution in [2.24, 2.45) is 5.92 Å². The number of imidazole rings is 1. The van der Waals surface area contributed by atoms with Crippen molar-refractivity contribution in [2.75, 3.05) is 18.0 Å². The Balaban J connectivity index is 1.78. The number of H-pyrrole nitrogens is 1. The lowest BCUT2D eigenvalue weighted by atomic mass is 9.97. The molecule has 2 aromatic rings. The lowest BCUT2D eigenvalue weighted by Crippen LogP contribution is -2.36. The van der Waals surface area contributed by atoms with Gasteiger partial charge in [-0.2, -0.15) is 4.98 Å². The smallest absolute Gasteiger partial charge is 0.306 e. The number of hydrogen-bond donors (Lipinski definition) is 2. The summed E-state index contributed by atoms with van der Waals surface area (Å²) in [5.41, 5.74) is 1.61. The van der Waals surface area contributed by atoms with Gasteiger partial charge in [0, 0.05) is 19.3 Å². The maximum absolute atomic E-state index is 10.9. The maximum atomic E-state index is 10.9. The second-order valence-corrected chi connectivity index (χ2v) is 4.53. The Morgan fingerprint density at radius 3 is 2.89 bits per heavy atom. The predicted octanol–water partition coefficient (Wildman–Crippen LogP) is 1.26. The molecule has 3 heterocycles. The van der Waals surface area contributed by atoms with E-state index in [-0.39, 0.29) is 5.92 Å². The van der Waals surface area contributed by atoms with E-state index in [2.05, 4.69) is 19.9 Å². The van der Waals surface area contributed by atoms with Gasteiger partial charge >= 0.3 is 5.97 Å². The van der Waals surface area contributed by atoms with E-state index in [1.54, 1.807) is 6.20 Å². The lowest BCUT2D eigenvalue weighted by Gasteiger charge is -2.29. The van der Waals surface area contributed by atoms with Gasteiger partial charge in [0.05, 0.1) is 11.4 Å². The normalized spacial score (nSPS) is 17.2. The van der Waals surface area contributed by atoms with Gasteiger partial charge < -0.3 is 15.0 Å². The quantitative estimate of drug-likeness (QED) is 0.833. The van der Waals surface area contributed by atoms with Crippen LogP contribution < -0.4 is 4.90 Å². The number of hydrogen-bond acceptors (Lipinski definition) is 4. The third kappa shape index (κ3) is 1.90.